The molecule has 3 N–H and O–H groups in total. The highest BCUT2D eigenvalue weighted by Gasteiger charge is 2.11. The number of ether oxygens (including phenoxy) is 1. The number of nitrogens with two attached hydrogens (primary N) is 1. The maximum Gasteiger partial charge on any atom is 0.349 e. The van der Waals surface area contributed by atoms with Crippen LogP contribution in [0.25, 0.3) is 5.65 Å². The quantitative estimate of drug-likeness (QED) is 0.766. The minimum absolute atomic E-state index is 0.248. The molecule has 0 unspecified atom stereocenters. The number of rotatable bonds is 3. The minimum Gasteiger partial charge on any atom is -0.438 e. The number of aromatic amines is 1. The lowest BCUT2D eigenvalue weighted by atomic mass is 10.2. The van der Waals surface area contributed by atoms with E-state index in [-0.39, 0.29) is 12.2 Å². The van der Waals surface area contributed by atoms with Gasteiger partial charge in [0.25, 0.3) is 0 Å². The van der Waals surface area contributed by atoms with Gasteiger partial charge in [0.15, 0.2) is 5.65 Å². The summed E-state index contributed by atoms with van der Waals surface area (Å²) in [6, 6.07) is 6.82. The first-order valence-electron chi connectivity index (χ1n) is 6.20. The van der Waals surface area contributed by atoms with Gasteiger partial charge in [-0.05, 0) is 19.1 Å². The first kappa shape index (κ1) is 13.6. The van der Waals surface area contributed by atoms with E-state index in [2.05, 4.69) is 15.2 Å². The van der Waals surface area contributed by atoms with Crippen molar-refractivity contribution in [2.45, 2.75) is 13.5 Å². The normalized spacial score (nSPS) is 11.0. The van der Waals surface area contributed by atoms with E-state index in [1.54, 1.807) is 31.2 Å². The molecule has 2 aromatic heterocycles. The third kappa shape index (κ3) is 2.37. The highest BCUT2D eigenvalue weighted by atomic mass is 35.5. The number of aromatic nitrogens is 4. The van der Waals surface area contributed by atoms with Crippen LogP contribution < -0.4 is 16.2 Å². The summed E-state index contributed by atoms with van der Waals surface area (Å²) in [5.41, 5.74) is 6.46. The lowest BCUT2D eigenvalue weighted by Crippen LogP contribution is -2.13. The molecule has 0 amide bonds. The fourth-order valence-corrected chi connectivity index (χ4v) is 2.31. The molecule has 3 rings (SSSR count). The molecule has 0 saturated carbocycles. The summed E-state index contributed by atoms with van der Waals surface area (Å²) in [6.07, 6.45) is 0. The number of halogens is 1. The van der Waals surface area contributed by atoms with Crippen LogP contribution >= 0.6 is 11.6 Å². The van der Waals surface area contributed by atoms with E-state index in [0.29, 0.717) is 33.7 Å². The van der Waals surface area contributed by atoms with E-state index in [1.165, 1.54) is 4.40 Å². The van der Waals surface area contributed by atoms with Gasteiger partial charge in [0.1, 0.15) is 11.6 Å². The van der Waals surface area contributed by atoms with Crippen molar-refractivity contribution in [3.63, 3.8) is 0 Å². The van der Waals surface area contributed by atoms with E-state index in [0.717, 1.165) is 0 Å². The van der Waals surface area contributed by atoms with Gasteiger partial charge in [-0.3, -0.25) is 0 Å². The Kier molecular flexibility index (Phi) is 3.36. The zero-order valence-corrected chi connectivity index (χ0v) is 11.9. The number of hydrogen-bond donors (Lipinski definition) is 2. The van der Waals surface area contributed by atoms with Crippen LogP contribution in [0, 0.1) is 6.92 Å². The van der Waals surface area contributed by atoms with Crippen LogP contribution in [0.2, 0.25) is 5.02 Å². The van der Waals surface area contributed by atoms with Crippen molar-refractivity contribution in [1.29, 1.82) is 0 Å². The second kappa shape index (κ2) is 5.19. The molecule has 21 heavy (non-hydrogen) atoms. The number of nitrogens with zero attached hydrogens (tertiary/aromatic N) is 3. The standard InChI is InChI=1S/C13H12ClN5O2/c1-7-16-12(5-11-17-18-13(20)19(7)11)21-10-4-2-3-9(14)8(10)6-15/h2-5H,6,15H2,1H3,(H,18,20). The smallest absolute Gasteiger partial charge is 0.349 e. The number of hydrogen-bond acceptors (Lipinski definition) is 5. The summed E-state index contributed by atoms with van der Waals surface area (Å²) in [4.78, 5) is 15.8. The molecule has 3 aromatic rings. The largest absolute Gasteiger partial charge is 0.438 e. The maximum atomic E-state index is 11.5. The molecule has 2 heterocycles. The Balaban J connectivity index is 2.06. The second-order valence-corrected chi connectivity index (χ2v) is 4.79. The summed E-state index contributed by atoms with van der Waals surface area (Å²) in [5.74, 6) is 1.31. The molecule has 1 aromatic carbocycles. The Labute approximate surface area is 124 Å². The van der Waals surface area contributed by atoms with E-state index in [1.807, 2.05) is 0 Å². The van der Waals surface area contributed by atoms with Crippen molar-refractivity contribution >= 4 is 17.2 Å². The summed E-state index contributed by atoms with van der Waals surface area (Å²) >= 11 is 6.08. The first-order chi connectivity index (χ1) is 10.1. The summed E-state index contributed by atoms with van der Waals surface area (Å²) < 4.78 is 7.09. The van der Waals surface area contributed by atoms with Crippen molar-refractivity contribution in [1.82, 2.24) is 19.6 Å². The number of H-pyrrole nitrogens is 1. The third-order valence-corrected chi connectivity index (χ3v) is 3.40. The van der Waals surface area contributed by atoms with Crippen LogP contribution in [0.4, 0.5) is 0 Å². The molecule has 0 fully saturated rings. The number of aryl methyl sites for hydroxylation is 1. The van der Waals surface area contributed by atoms with Gasteiger partial charge in [-0.1, -0.05) is 17.7 Å². The van der Waals surface area contributed by atoms with Crippen LogP contribution in [0.5, 0.6) is 11.6 Å². The zero-order valence-electron chi connectivity index (χ0n) is 11.1. The molecule has 0 aliphatic carbocycles. The maximum absolute atomic E-state index is 11.5. The van der Waals surface area contributed by atoms with E-state index >= 15 is 0 Å². The van der Waals surface area contributed by atoms with Gasteiger partial charge in [0.05, 0.1) is 0 Å². The van der Waals surface area contributed by atoms with Crippen molar-refractivity contribution < 1.29 is 4.74 Å². The Hall–Kier alpha value is -2.38. The molecule has 0 spiro atoms. The minimum atomic E-state index is -0.341. The monoisotopic (exact) mass is 305 g/mol. The number of nitrogens with one attached hydrogen (secondary N) is 1. The molecular weight excluding hydrogens is 294 g/mol. The molecule has 0 bridgehead atoms. The van der Waals surface area contributed by atoms with E-state index in [4.69, 9.17) is 22.1 Å². The third-order valence-electron chi connectivity index (χ3n) is 3.04. The van der Waals surface area contributed by atoms with Crippen molar-refractivity contribution in [3.8, 4) is 11.6 Å². The Morgan fingerprint density at radius 3 is 3.05 bits per heavy atom. The van der Waals surface area contributed by atoms with Crippen LogP contribution in [0.15, 0.2) is 29.1 Å². The van der Waals surface area contributed by atoms with Gasteiger partial charge < -0.3 is 10.5 Å². The van der Waals surface area contributed by atoms with Gasteiger partial charge in [-0.25, -0.2) is 14.3 Å². The average molecular weight is 306 g/mol. The average Bonchev–Trinajstić information content (AvgIpc) is 2.81. The fourth-order valence-electron chi connectivity index (χ4n) is 2.07. The highest BCUT2D eigenvalue weighted by Crippen LogP contribution is 2.29. The number of benzene rings is 1. The van der Waals surface area contributed by atoms with Gasteiger partial charge in [0.2, 0.25) is 5.88 Å². The zero-order chi connectivity index (χ0) is 15.0. The van der Waals surface area contributed by atoms with E-state index < -0.39 is 0 Å². The molecular formula is C13H12ClN5O2. The first-order valence-corrected chi connectivity index (χ1v) is 6.58. The van der Waals surface area contributed by atoms with Crippen LogP contribution in [0.1, 0.15) is 11.4 Å². The fraction of sp³-hybridized carbons (Fsp3) is 0.154. The molecule has 0 saturated heterocycles. The van der Waals surface area contributed by atoms with Crippen LogP contribution in [-0.2, 0) is 6.54 Å². The van der Waals surface area contributed by atoms with Crippen LogP contribution in [0.3, 0.4) is 0 Å². The molecule has 0 radical (unpaired) electrons. The molecule has 8 heteroatoms. The molecule has 108 valence electrons. The van der Waals surface area contributed by atoms with Crippen LogP contribution in [-0.4, -0.2) is 19.6 Å². The highest BCUT2D eigenvalue weighted by molar-refractivity contribution is 6.31. The Bertz CT molecular complexity index is 871. The summed E-state index contributed by atoms with van der Waals surface area (Å²) in [5, 5.41) is 6.79. The second-order valence-electron chi connectivity index (χ2n) is 4.39. The van der Waals surface area contributed by atoms with Gasteiger partial charge in [0, 0.05) is 23.2 Å². The topological polar surface area (TPSA) is 98.3 Å². The Morgan fingerprint density at radius 1 is 1.48 bits per heavy atom. The lowest BCUT2D eigenvalue weighted by molar-refractivity contribution is 0.454. The summed E-state index contributed by atoms with van der Waals surface area (Å²) in [6.45, 7) is 1.94. The Morgan fingerprint density at radius 2 is 2.29 bits per heavy atom. The SMILES string of the molecule is Cc1nc(Oc2cccc(Cl)c2CN)cc2n[nH]c(=O)n12. The lowest BCUT2D eigenvalue weighted by Gasteiger charge is -2.11. The van der Waals surface area contributed by atoms with Crippen molar-refractivity contribution in [3.05, 3.63) is 51.2 Å². The van der Waals surface area contributed by atoms with E-state index in [9.17, 15) is 4.79 Å². The molecule has 0 aliphatic rings. The van der Waals surface area contributed by atoms with Gasteiger partial charge >= 0.3 is 5.69 Å². The van der Waals surface area contributed by atoms with Gasteiger partial charge in [-0.15, -0.1) is 0 Å². The number of fused-ring (bicyclic) bond motifs is 1. The predicted molar refractivity (Wildman–Crippen MR) is 77.8 cm³/mol. The molecule has 0 atom stereocenters. The molecule has 7 nitrogen and oxygen atoms in total. The molecule has 0 aliphatic heterocycles. The van der Waals surface area contributed by atoms with Gasteiger partial charge in [-0.2, -0.15) is 10.1 Å². The summed E-state index contributed by atoms with van der Waals surface area (Å²) in [7, 11) is 0. The van der Waals surface area contributed by atoms with Crippen molar-refractivity contribution in [2.75, 3.05) is 0 Å². The predicted octanol–water partition coefficient (Wildman–Crippen LogP) is 1.63. The van der Waals surface area contributed by atoms with Crippen molar-refractivity contribution in [2.24, 2.45) is 5.73 Å².